The zero-order valence-corrected chi connectivity index (χ0v) is 16.2. The van der Waals surface area contributed by atoms with Crippen LogP contribution in [-0.4, -0.2) is 24.1 Å². The molecule has 7 nitrogen and oxygen atoms in total. The molecular weight excluding hydrogens is 370 g/mol. The maximum Gasteiger partial charge on any atom is 0.273 e. The van der Waals surface area contributed by atoms with Crippen molar-refractivity contribution in [3.05, 3.63) is 65.4 Å². The van der Waals surface area contributed by atoms with E-state index in [1.54, 1.807) is 13.2 Å². The number of nitrogens with one attached hydrogen (secondary N) is 2. The highest BCUT2D eigenvalue weighted by atomic mass is 16.5. The number of carbonyl (C=O) groups is 2. The summed E-state index contributed by atoms with van der Waals surface area (Å²) in [4.78, 5) is 24.1. The lowest BCUT2D eigenvalue weighted by Crippen LogP contribution is -2.27. The molecule has 1 atom stereocenters. The molecule has 0 saturated carbocycles. The molecule has 1 aromatic heterocycles. The molecule has 0 spiro atoms. The summed E-state index contributed by atoms with van der Waals surface area (Å²) in [7, 11) is 1.58. The Morgan fingerprint density at radius 1 is 1.21 bits per heavy atom. The van der Waals surface area contributed by atoms with Gasteiger partial charge in [-0.05, 0) is 42.7 Å². The van der Waals surface area contributed by atoms with Gasteiger partial charge in [-0.15, -0.1) is 0 Å². The Hall–Kier alpha value is -3.61. The Kier molecular flexibility index (Phi) is 5.03. The summed E-state index contributed by atoms with van der Waals surface area (Å²) in [5.41, 5.74) is 3.79. The molecule has 2 heterocycles. The minimum absolute atomic E-state index is 0.0310. The molecule has 2 amide bonds. The summed E-state index contributed by atoms with van der Waals surface area (Å²) >= 11 is 0. The second kappa shape index (κ2) is 7.79. The van der Waals surface area contributed by atoms with Crippen LogP contribution in [0.2, 0.25) is 0 Å². The molecule has 1 aliphatic heterocycles. The first-order chi connectivity index (χ1) is 14.0. The van der Waals surface area contributed by atoms with Gasteiger partial charge in [-0.1, -0.05) is 29.4 Å². The Morgan fingerprint density at radius 2 is 2.03 bits per heavy atom. The van der Waals surface area contributed by atoms with Gasteiger partial charge in [0.2, 0.25) is 5.91 Å². The second-order valence-corrected chi connectivity index (χ2v) is 6.94. The summed E-state index contributed by atoms with van der Waals surface area (Å²) < 4.78 is 10.7. The van der Waals surface area contributed by atoms with E-state index >= 15 is 0 Å². The summed E-state index contributed by atoms with van der Waals surface area (Å²) in [6.45, 7) is 1.91. The van der Waals surface area contributed by atoms with Crippen molar-refractivity contribution in [3.63, 3.8) is 0 Å². The second-order valence-electron chi connectivity index (χ2n) is 6.94. The maximum atomic E-state index is 12.6. The number of fused-ring (bicyclic) bond motifs is 1. The molecule has 0 aliphatic carbocycles. The summed E-state index contributed by atoms with van der Waals surface area (Å²) in [6, 6.07) is 14.5. The van der Waals surface area contributed by atoms with Crippen LogP contribution in [0.25, 0.3) is 11.3 Å². The highest BCUT2D eigenvalue weighted by Crippen LogP contribution is 2.30. The topological polar surface area (TPSA) is 93.5 Å². The van der Waals surface area contributed by atoms with Crippen LogP contribution in [0.1, 0.15) is 41.0 Å². The quantitative estimate of drug-likeness (QED) is 0.691. The first-order valence-corrected chi connectivity index (χ1v) is 9.39. The first-order valence-electron chi connectivity index (χ1n) is 9.39. The number of methoxy groups -OCH3 is 1. The molecule has 0 radical (unpaired) electrons. The van der Waals surface area contributed by atoms with E-state index in [4.69, 9.17) is 9.26 Å². The summed E-state index contributed by atoms with van der Waals surface area (Å²) in [5, 5.41) is 9.71. The van der Waals surface area contributed by atoms with E-state index in [1.807, 2.05) is 49.4 Å². The van der Waals surface area contributed by atoms with Crippen molar-refractivity contribution < 1.29 is 18.8 Å². The molecule has 3 aromatic rings. The van der Waals surface area contributed by atoms with Crippen LogP contribution in [-0.2, 0) is 11.2 Å². The maximum absolute atomic E-state index is 12.6. The molecule has 0 unspecified atom stereocenters. The van der Waals surface area contributed by atoms with E-state index < -0.39 is 0 Å². The predicted molar refractivity (Wildman–Crippen MR) is 108 cm³/mol. The minimum atomic E-state index is -0.326. The van der Waals surface area contributed by atoms with Crippen LogP contribution in [0.4, 0.5) is 5.69 Å². The fraction of sp³-hybridized carbons (Fsp3) is 0.227. The van der Waals surface area contributed by atoms with Gasteiger partial charge in [0.1, 0.15) is 5.75 Å². The molecule has 2 aromatic carbocycles. The molecule has 7 heteroatoms. The van der Waals surface area contributed by atoms with Crippen molar-refractivity contribution in [2.24, 2.45) is 0 Å². The zero-order valence-electron chi connectivity index (χ0n) is 16.2. The molecule has 0 fully saturated rings. The lowest BCUT2D eigenvalue weighted by molar-refractivity contribution is -0.116. The number of nitrogens with zero attached hydrogens (tertiary/aromatic N) is 1. The third kappa shape index (κ3) is 3.85. The Morgan fingerprint density at radius 3 is 2.86 bits per heavy atom. The van der Waals surface area contributed by atoms with Crippen LogP contribution >= 0.6 is 0 Å². The third-order valence-corrected chi connectivity index (χ3v) is 4.99. The van der Waals surface area contributed by atoms with Crippen LogP contribution < -0.4 is 15.4 Å². The number of hydrogen-bond donors (Lipinski definition) is 2. The van der Waals surface area contributed by atoms with E-state index in [2.05, 4.69) is 15.8 Å². The van der Waals surface area contributed by atoms with Crippen molar-refractivity contribution in [2.45, 2.75) is 25.8 Å². The Labute approximate surface area is 168 Å². The lowest BCUT2D eigenvalue weighted by Gasteiger charge is -2.20. The van der Waals surface area contributed by atoms with Crippen molar-refractivity contribution in [2.75, 3.05) is 12.4 Å². The Bertz CT molecular complexity index is 1070. The molecule has 2 N–H and O–H groups in total. The average molecular weight is 391 g/mol. The monoisotopic (exact) mass is 391 g/mol. The molecule has 148 valence electrons. The minimum Gasteiger partial charge on any atom is -0.496 e. The van der Waals surface area contributed by atoms with Crippen LogP contribution in [0.3, 0.4) is 0 Å². The van der Waals surface area contributed by atoms with E-state index in [-0.39, 0.29) is 23.6 Å². The normalized spacial score (nSPS) is 13.9. The van der Waals surface area contributed by atoms with Crippen molar-refractivity contribution in [3.8, 4) is 17.1 Å². The molecular formula is C22H21N3O4. The van der Waals surface area contributed by atoms with Gasteiger partial charge in [0, 0.05) is 18.2 Å². The number of rotatable bonds is 5. The molecule has 0 saturated heterocycles. The fourth-order valence-corrected chi connectivity index (χ4v) is 3.38. The van der Waals surface area contributed by atoms with E-state index in [0.717, 1.165) is 22.4 Å². The Balaban J connectivity index is 1.48. The number of amides is 2. The van der Waals surface area contributed by atoms with E-state index in [1.165, 1.54) is 0 Å². The number of aromatic nitrogens is 1. The largest absolute Gasteiger partial charge is 0.496 e. The molecule has 0 bridgehead atoms. The molecule has 1 aliphatic rings. The van der Waals surface area contributed by atoms with Gasteiger partial charge in [-0.3, -0.25) is 9.59 Å². The van der Waals surface area contributed by atoms with Crippen molar-refractivity contribution in [1.29, 1.82) is 0 Å². The number of para-hydroxylation sites is 1. The zero-order chi connectivity index (χ0) is 20.4. The summed E-state index contributed by atoms with van der Waals surface area (Å²) in [6.07, 6.45) is 1.17. The van der Waals surface area contributed by atoms with Gasteiger partial charge < -0.3 is 19.9 Å². The van der Waals surface area contributed by atoms with Crippen LogP contribution in [0.5, 0.6) is 5.75 Å². The SMILES string of the molecule is COc1ccccc1-c1cc(C(=O)N[C@@H](C)c2ccc3c(c2)CCC(=O)N3)no1. The third-order valence-electron chi connectivity index (χ3n) is 4.99. The van der Waals surface area contributed by atoms with Gasteiger partial charge >= 0.3 is 0 Å². The molecule has 4 rings (SSSR count). The predicted octanol–water partition coefficient (Wildman–Crippen LogP) is 3.73. The van der Waals surface area contributed by atoms with Gasteiger partial charge in [0.05, 0.1) is 18.7 Å². The number of anilines is 1. The number of benzene rings is 2. The van der Waals surface area contributed by atoms with Crippen LogP contribution in [0, 0.1) is 0 Å². The van der Waals surface area contributed by atoms with E-state index in [0.29, 0.717) is 24.4 Å². The van der Waals surface area contributed by atoms with Gasteiger partial charge in [-0.2, -0.15) is 0 Å². The number of ether oxygens (including phenoxy) is 1. The number of hydrogen-bond acceptors (Lipinski definition) is 5. The van der Waals surface area contributed by atoms with Gasteiger partial charge in [0.15, 0.2) is 11.5 Å². The first kappa shape index (κ1) is 18.7. The van der Waals surface area contributed by atoms with E-state index in [9.17, 15) is 9.59 Å². The smallest absolute Gasteiger partial charge is 0.273 e. The average Bonchev–Trinajstić information content (AvgIpc) is 3.23. The van der Waals surface area contributed by atoms with Gasteiger partial charge in [-0.25, -0.2) is 0 Å². The highest BCUT2D eigenvalue weighted by molar-refractivity contribution is 5.94. The number of aryl methyl sites for hydroxylation is 1. The van der Waals surface area contributed by atoms with Gasteiger partial charge in [0.25, 0.3) is 5.91 Å². The molecule has 29 heavy (non-hydrogen) atoms. The van der Waals surface area contributed by atoms with Crippen molar-refractivity contribution >= 4 is 17.5 Å². The summed E-state index contributed by atoms with van der Waals surface area (Å²) in [5.74, 6) is 0.812. The van der Waals surface area contributed by atoms with Crippen molar-refractivity contribution in [1.82, 2.24) is 10.5 Å². The lowest BCUT2D eigenvalue weighted by atomic mass is 9.98. The fourth-order valence-electron chi connectivity index (χ4n) is 3.38. The van der Waals surface area contributed by atoms with Crippen LogP contribution in [0.15, 0.2) is 53.1 Å². The standard InChI is InChI=1S/C22H21N3O4/c1-13(14-7-9-17-15(11-14)8-10-21(26)24-17)23-22(27)18-12-20(29-25-18)16-5-3-4-6-19(16)28-2/h3-7,9,11-13H,8,10H2,1-2H3,(H,23,27)(H,24,26)/t13-/m0/s1. The highest BCUT2D eigenvalue weighted by Gasteiger charge is 2.20. The number of carbonyl (C=O) groups excluding carboxylic acids is 2.